The predicted molar refractivity (Wildman–Crippen MR) is 66.3 cm³/mol. The molecule has 0 aliphatic carbocycles. The van der Waals surface area contributed by atoms with Crippen molar-refractivity contribution in [1.29, 1.82) is 0 Å². The highest BCUT2D eigenvalue weighted by molar-refractivity contribution is 9.10. The second-order valence-corrected chi connectivity index (χ2v) is 5.35. The van der Waals surface area contributed by atoms with Crippen molar-refractivity contribution in [3.05, 3.63) is 28.2 Å². The van der Waals surface area contributed by atoms with Crippen molar-refractivity contribution in [1.82, 2.24) is 4.90 Å². The lowest BCUT2D eigenvalue weighted by atomic mass is 10.1. The van der Waals surface area contributed by atoms with Gasteiger partial charge in [-0.05, 0) is 28.1 Å². The Morgan fingerprint density at radius 3 is 2.52 bits per heavy atom. The number of carbonyl (C=O) groups excluding carboxylic acids is 1. The second-order valence-electron chi connectivity index (χ2n) is 4.49. The summed E-state index contributed by atoms with van der Waals surface area (Å²) in [5.74, 6) is -4.68. The molecule has 0 spiro atoms. The molecule has 0 unspecified atom stereocenters. The summed E-state index contributed by atoms with van der Waals surface area (Å²) < 4.78 is 67.1. The van der Waals surface area contributed by atoms with Crippen molar-refractivity contribution in [3.8, 4) is 5.75 Å². The Bertz CT molecular complexity index is 561. The molecule has 9 heteroatoms. The summed E-state index contributed by atoms with van der Waals surface area (Å²) in [6.07, 6.45) is -5.50. The predicted octanol–water partition coefficient (Wildman–Crippen LogP) is 3.83. The molecule has 0 radical (unpaired) electrons. The van der Waals surface area contributed by atoms with Gasteiger partial charge in [0.05, 0.1) is 12.1 Å². The molecule has 1 aliphatic rings. The van der Waals surface area contributed by atoms with Gasteiger partial charge in [-0.2, -0.15) is 0 Å². The van der Waals surface area contributed by atoms with Crippen molar-refractivity contribution in [3.63, 3.8) is 0 Å². The molecular formula is C12H9BrF5NO2. The fourth-order valence-electron chi connectivity index (χ4n) is 1.99. The van der Waals surface area contributed by atoms with Gasteiger partial charge >= 0.3 is 6.36 Å². The fraction of sp³-hybridized carbons (Fsp3) is 0.417. The summed E-state index contributed by atoms with van der Waals surface area (Å²) in [5.41, 5.74) is -0.424. The van der Waals surface area contributed by atoms with E-state index in [2.05, 4.69) is 20.7 Å². The van der Waals surface area contributed by atoms with Crippen LogP contribution in [0.1, 0.15) is 16.8 Å². The first-order chi connectivity index (χ1) is 9.59. The van der Waals surface area contributed by atoms with Crippen LogP contribution < -0.4 is 4.74 Å². The molecule has 0 atom stereocenters. The van der Waals surface area contributed by atoms with E-state index in [0.29, 0.717) is 0 Å². The molecule has 1 saturated heterocycles. The van der Waals surface area contributed by atoms with E-state index < -0.39 is 42.5 Å². The average Bonchev–Trinajstić information content (AvgIpc) is 2.67. The Hall–Kier alpha value is -1.38. The highest BCUT2D eigenvalue weighted by Gasteiger charge is 2.42. The van der Waals surface area contributed by atoms with E-state index in [1.807, 2.05) is 0 Å². The Kier molecular flexibility index (Phi) is 4.14. The van der Waals surface area contributed by atoms with E-state index in [0.717, 1.165) is 11.0 Å². The maximum Gasteiger partial charge on any atom is 0.573 e. The van der Waals surface area contributed by atoms with Gasteiger partial charge in [-0.15, -0.1) is 13.2 Å². The van der Waals surface area contributed by atoms with Gasteiger partial charge in [0.2, 0.25) is 0 Å². The van der Waals surface area contributed by atoms with Gasteiger partial charge < -0.3 is 9.64 Å². The Morgan fingerprint density at radius 1 is 1.33 bits per heavy atom. The highest BCUT2D eigenvalue weighted by Crippen LogP contribution is 2.35. The quantitative estimate of drug-likeness (QED) is 0.737. The fourth-order valence-corrected chi connectivity index (χ4v) is 2.51. The first-order valence-corrected chi connectivity index (χ1v) is 6.60. The number of hydrogen-bond acceptors (Lipinski definition) is 2. The molecule has 0 aromatic heterocycles. The number of likely N-dealkylation sites (tertiary alicyclic amines) is 1. The molecular weight excluding hydrogens is 365 g/mol. The van der Waals surface area contributed by atoms with Gasteiger partial charge in [0.1, 0.15) is 5.75 Å². The van der Waals surface area contributed by atoms with Crippen LogP contribution in [-0.2, 0) is 0 Å². The minimum absolute atomic E-state index is 0.0458. The zero-order valence-electron chi connectivity index (χ0n) is 10.4. The lowest BCUT2D eigenvalue weighted by Gasteiger charge is -2.19. The Labute approximate surface area is 124 Å². The van der Waals surface area contributed by atoms with Gasteiger partial charge in [-0.3, -0.25) is 4.79 Å². The summed E-state index contributed by atoms with van der Waals surface area (Å²) in [7, 11) is 0. The smallest absolute Gasteiger partial charge is 0.405 e. The summed E-state index contributed by atoms with van der Waals surface area (Å²) >= 11 is 2.95. The van der Waals surface area contributed by atoms with Crippen LogP contribution in [-0.4, -0.2) is 36.2 Å². The molecule has 1 aliphatic heterocycles. The Morgan fingerprint density at radius 2 is 2.00 bits per heavy atom. The van der Waals surface area contributed by atoms with Crippen LogP contribution in [0.2, 0.25) is 0 Å². The first-order valence-electron chi connectivity index (χ1n) is 5.80. The third-order valence-electron chi connectivity index (χ3n) is 2.87. The molecule has 1 aromatic carbocycles. The number of hydrogen-bond donors (Lipinski definition) is 0. The number of rotatable bonds is 2. The second kappa shape index (κ2) is 5.43. The number of ether oxygens (including phenoxy) is 1. The molecule has 1 heterocycles. The van der Waals surface area contributed by atoms with Crippen LogP contribution >= 0.6 is 15.9 Å². The minimum atomic E-state index is -4.98. The minimum Gasteiger partial charge on any atom is -0.405 e. The van der Waals surface area contributed by atoms with Crippen molar-refractivity contribution in [2.45, 2.75) is 18.7 Å². The summed E-state index contributed by atoms with van der Waals surface area (Å²) in [6.45, 7) is -1.04. The van der Waals surface area contributed by atoms with E-state index in [-0.39, 0.29) is 11.0 Å². The number of amides is 1. The van der Waals surface area contributed by atoms with E-state index in [1.165, 1.54) is 12.1 Å². The summed E-state index contributed by atoms with van der Waals surface area (Å²) in [5, 5.41) is 0. The normalized spacial score (nSPS) is 17.9. The number of halogens is 6. The molecule has 1 amide bonds. The SMILES string of the molecule is O=C(c1c(Br)cccc1OC(F)(F)F)N1CCC(F)(F)C1. The van der Waals surface area contributed by atoms with Crippen LogP contribution in [0, 0.1) is 0 Å². The topological polar surface area (TPSA) is 29.5 Å². The third kappa shape index (κ3) is 3.84. The molecule has 116 valence electrons. The number of carbonyl (C=O) groups is 1. The molecule has 0 saturated carbocycles. The van der Waals surface area contributed by atoms with Gasteiger partial charge in [-0.1, -0.05) is 6.07 Å². The standard InChI is InChI=1S/C12H9BrF5NO2/c13-7-2-1-3-8(21-12(16,17)18)9(7)10(20)19-5-4-11(14,15)6-19/h1-3H,4-6H2. The Balaban J connectivity index is 2.32. The summed E-state index contributed by atoms with van der Waals surface area (Å²) in [4.78, 5) is 13.0. The lowest BCUT2D eigenvalue weighted by molar-refractivity contribution is -0.274. The molecule has 1 fully saturated rings. The van der Waals surface area contributed by atoms with Crippen LogP contribution in [0.15, 0.2) is 22.7 Å². The van der Waals surface area contributed by atoms with Crippen molar-refractivity contribution >= 4 is 21.8 Å². The summed E-state index contributed by atoms with van der Waals surface area (Å²) in [6, 6.07) is 3.55. The van der Waals surface area contributed by atoms with Crippen LogP contribution in [0.4, 0.5) is 22.0 Å². The van der Waals surface area contributed by atoms with E-state index in [1.54, 1.807) is 0 Å². The van der Waals surface area contributed by atoms with Crippen LogP contribution in [0.3, 0.4) is 0 Å². The average molecular weight is 374 g/mol. The third-order valence-corrected chi connectivity index (χ3v) is 3.53. The highest BCUT2D eigenvalue weighted by atomic mass is 79.9. The lowest BCUT2D eigenvalue weighted by Crippen LogP contribution is -2.32. The zero-order chi connectivity index (χ0) is 15.8. The van der Waals surface area contributed by atoms with Crippen molar-refractivity contribution in [2.24, 2.45) is 0 Å². The maximum absolute atomic E-state index is 13.1. The first kappa shape index (κ1) is 16.0. The molecule has 0 N–H and O–H groups in total. The number of benzene rings is 1. The molecule has 21 heavy (non-hydrogen) atoms. The van der Waals surface area contributed by atoms with Crippen LogP contribution in [0.5, 0.6) is 5.75 Å². The molecule has 2 rings (SSSR count). The monoisotopic (exact) mass is 373 g/mol. The van der Waals surface area contributed by atoms with Crippen molar-refractivity contribution in [2.75, 3.05) is 13.1 Å². The van der Waals surface area contributed by atoms with Gasteiger partial charge in [0.25, 0.3) is 11.8 Å². The maximum atomic E-state index is 13.1. The van der Waals surface area contributed by atoms with Crippen LogP contribution in [0.25, 0.3) is 0 Å². The zero-order valence-corrected chi connectivity index (χ0v) is 12.0. The molecule has 3 nitrogen and oxygen atoms in total. The van der Waals surface area contributed by atoms with Gasteiger partial charge in [0.15, 0.2) is 0 Å². The largest absolute Gasteiger partial charge is 0.573 e. The van der Waals surface area contributed by atoms with Gasteiger partial charge in [-0.25, -0.2) is 8.78 Å². The number of alkyl halides is 5. The molecule has 1 aromatic rings. The van der Waals surface area contributed by atoms with Crippen molar-refractivity contribution < 1.29 is 31.5 Å². The number of nitrogens with zero attached hydrogens (tertiary/aromatic N) is 1. The van der Waals surface area contributed by atoms with E-state index >= 15 is 0 Å². The van der Waals surface area contributed by atoms with E-state index in [9.17, 15) is 26.7 Å². The molecule has 0 bridgehead atoms. The van der Waals surface area contributed by atoms with E-state index in [4.69, 9.17) is 0 Å². The van der Waals surface area contributed by atoms with Gasteiger partial charge in [0, 0.05) is 17.4 Å².